The minimum absolute atomic E-state index is 0.498. The number of nitrogens with one attached hydrogen (secondary N) is 1. The fourth-order valence-electron chi connectivity index (χ4n) is 3.07. The third-order valence-electron chi connectivity index (χ3n) is 4.63. The molecule has 1 saturated heterocycles. The lowest BCUT2D eigenvalue weighted by molar-refractivity contribution is 0.0374. The molecule has 0 spiro atoms. The van der Waals surface area contributed by atoms with E-state index in [1.807, 2.05) is 24.3 Å². The SMILES string of the molecule is COc1cc(CNCCCN2CCOCC2)ccc1OCc1ccncc1. The summed E-state index contributed by atoms with van der Waals surface area (Å²) in [6.45, 7) is 7.28. The highest BCUT2D eigenvalue weighted by Crippen LogP contribution is 2.28. The molecule has 1 N–H and O–H groups in total. The number of rotatable bonds is 10. The Kier molecular flexibility index (Phi) is 7.89. The van der Waals surface area contributed by atoms with E-state index in [0.29, 0.717) is 6.61 Å². The minimum Gasteiger partial charge on any atom is -0.493 e. The predicted molar refractivity (Wildman–Crippen MR) is 105 cm³/mol. The van der Waals surface area contributed by atoms with Crippen LogP contribution in [-0.4, -0.2) is 56.4 Å². The van der Waals surface area contributed by atoms with Crippen LogP contribution in [0.1, 0.15) is 17.5 Å². The molecule has 0 saturated carbocycles. The van der Waals surface area contributed by atoms with Crippen molar-refractivity contribution in [2.45, 2.75) is 19.6 Å². The molecule has 27 heavy (non-hydrogen) atoms. The van der Waals surface area contributed by atoms with Gasteiger partial charge in [0, 0.05) is 32.0 Å². The van der Waals surface area contributed by atoms with E-state index in [1.165, 1.54) is 5.56 Å². The molecule has 0 unspecified atom stereocenters. The van der Waals surface area contributed by atoms with Crippen LogP contribution in [0.3, 0.4) is 0 Å². The molecule has 2 heterocycles. The molecular weight excluding hydrogens is 342 g/mol. The second-order valence-corrected chi connectivity index (χ2v) is 6.61. The number of ether oxygens (including phenoxy) is 3. The van der Waals surface area contributed by atoms with E-state index >= 15 is 0 Å². The Morgan fingerprint density at radius 3 is 2.67 bits per heavy atom. The van der Waals surface area contributed by atoms with Gasteiger partial charge < -0.3 is 19.5 Å². The van der Waals surface area contributed by atoms with Gasteiger partial charge in [0.25, 0.3) is 0 Å². The summed E-state index contributed by atoms with van der Waals surface area (Å²) in [5.41, 5.74) is 2.27. The van der Waals surface area contributed by atoms with Crippen molar-refractivity contribution in [3.05, 3.63) is 53.9 Å². The fraction of sp³-hybridized carbons (Fsp3) is 0.476. The van der Waals surface area contributed by atoms with Gasteiger partial charge in [-0.05, 0) is 54.9 Å². The van der Waals surface area contributed by atoms with Crippen molar-refractivity contribution in [2.75, 3.05) is 46.5 Å². The van der Waals surface area contributed by atoms with Gasteiger partial charge in [-0.1, -0.05) is 6.07 Å². The van der Waals surface area contributed by atoms with E-state index in [-0.39, 0.29) is 0 Å². The molecule has 1 aliphatic rings. The summed E-state index contributed by atoms with van der Waals surface area (Å²) in [4.78, 5) is 6.48. The first kappa shape index (κ1) is 19.6. The van der Waals surface area contributed by atoms with Crippen molar-refractivity contribution in [2.24, 2.45) is 0 Å². The van der Waals surface area contributed by atoms with E-state index < -0.39 is 0 Å². The average Bonchev–Trinajstić information content (AvgIpc) is 2.74. The number of benzene rings is 1. The summed E-state index contributed by atoms with van der Waals surface area (Å²) in [6, 6.07) is 9.99. The predicted octanol–water partition coefficient (Wildman–Crippen LogP) is 2.48. The molecule has 6 heteroatoms. The molecule has 1 fully saturated rings. The summed E-state index contributed by atoms with van der Waals surface area (Å²) in [5.74, 6) is 1.52. The first-order valence-corrected chi connectivity index (χ1v) is 9.54. The molecule has 3 rings (SSSR count). The van der Waals surface area contributed by atoms with Crippen LogP contribution < -0.4 is 14.8 Å². The summed E-state index contributed by atoms with van der Waals surface area (Å²) < 4.78 is 16.8. The molecule has 0 radical (unpaired) electrons. The van der Waals surface area contributed by atoms with Gasteiger partial charge in [-0.15, -0.1) is 0 Å². The molecule has 0 aliphatic carbocycles. The molecule has 0 amide bonds. The number of aromatic nitrogens is 1. The first-order valence-electron chi connectivity index (χ1n) is 9.54. The number of pyridine rings is 1. The lowest BCUT2D eigenvalue weighted by atomic mass is 10.2. The summed E-state index contributed by atoms with van der Waals surface area (Å²) in [6.07, 6.45) is 4.68. The smallest absolute Gasteiger partial charge is 0.161 e. The van der Waals surface area contributed by atoms with E-state index in [0.717, 1.165) is 69.4 Å². The topological polar surface area (TPSA) is 55.9 Å². The molecule has 146 valence electrons. The normalized spacial score (nSPS) is 14.9. The van der Waals surface area contributed by atoms with Crippen molar-refractivity contribution in [3.63, 3.8) is 0 Å². The third kappa shape index (κ3) is 6.50. The van der Waals surface area contributed by atoms with E-state index in [9.17, 15) is 0 Å². The Morgan fingerprint density at radius 1 is 1.07 bits per heavy atom. The van der Waals surface area contributed by atoms with Crippen LogP contribution in [0.4, 0.5) is 0 Å². The highest BCUT2D eigenvalue weighted by atomic mass is 16.5. The summed E-state index contributed by atoms with van der Waals surface area (Å²) >= 11 is 0. The highest BCUT2D eigenvalue weighted by molar-refractivity contribution is 5.43. The van der Waals surface area contributed by atoms with Gasteiger partial charge in [-0.25, -0.2) is 0 Å². The number of hydrogen-bond donors (Lipinski definition) is 1. The Morgan fingerprint density at radius 2 is 1.89 bits per heavy atom. The molecular formula is C21H29N3O3. The molecule has 1 aliphatic heterocycles. The van der Waals surface area contributed by atoms with Crippen LogP contribution in [0.25, 0.3) is 0 Å². The third-order valence-corrected chi connectivity index (χ3v) is 4.63. The molecule has 0 atom stereocenters. The Balaban J connectivity index is 1.41. The van der Waals surface area contributed by atoms with Crippen LogP contribution in [0.2, 0.25) is 0 Å². The van der Waals surface area contributed by atoms with Crippen molar-refractivity contribution >= 4 is 0 Å². The highest BCUT2D eigenvalue weighted by Gasteiger charge is 2.09. The van der Waals surface area contributed by atoms with Crippen LogP contribution >= 0.6 is 0 Å². The van der Waals surface area contributed by atoms with E-state index in [1.54, 1.807) is 19.5 Å². The number of nitrogens with zero attached hydrogens (tertiary/aromatic N) is 2. The Bertz CT molecular complexity index is 676. The molecule has 6 nitrogen and oxygen atoms in total. The lowest BCUT2D eigenvalue weighted by Crippen LogP contribution is -2.37. The van der Waals surface area contributed by atoms with Gasteiger partial charge in [0.15, 0.2) is 11.5 Å². The van der Waals surface area contributed by atoms with Gasteiger partial charge in [0.2, 0.25) is 0 Å². The average molecular weight is 371 g/mol. The maximum absolute atomic E-state index is 5.89. The van der Waals surface area contributed by atoms with Crippen molar-refractivity contribution in [1.82, 2.24) is 15.2 Å². The van der Waals surface area contributed by atoms with Crippen LogP contribution in [0, 0.1) is 0 Å². The van der Waals surface area contributed by atoms with Crippen molar-refractivity contribution in [3.8, 4) is 11.5 Å². The first-order chi connectivity index (χ1) is 13.3. The summed E-state index contributed by atoms with van der Waals surface area (Å²) in [7, 11) is 1.67. The zero-order valence-corrected chi connectivity index (χ0v) is 16.0. The quantitative estimate of drug-likeness (QED) is 0.648. The van der Waals surface area contributed by atoms with Crippen molar-refractivity contribution < 1.29 is 14.2 Å². The van der Waals surface area contributed by atoms with E-state index in [2.05, 4.69) is 21.3 Å². The number of morpholine rings is 1. The van der Waals surface area contributed by atoms with Gasteiger partial charge in [-0.2, -0.15) is 0 Å². The van der Waals surface area contributed by atoms with Gasteiger partial charge in [-0.3, -0.25) is 9.88 Å². The molecule has 2 aromatic rings. The summed E-state index contributed by atoms with van der Waals surface area (Å²) in [5, 5.41) is 3.51. The van der Waals surface area contributed by atoms with Gasteiger partial charge >= 0.3 is 0 Å². The monoisotopic (exact) mass is 371 g/mol. The van der Waals surface area contributed by atoms with Crippen LogP contribution in [-0.2, 0) is 17.9 Å². The molecule has 1 aromatic heterocycles. The fourth-order valence-corrected chi connectivity index (χ4v) is 3.07. The number of hydrogen-bond acceptors (Lipinski definition) is 6. The molecule has 1 aromatic carbocycles. The largest absolute Gasteiger partial charge is 0.493 e. The zero-order chi connectivity index (χ0) is 18.7. The second-order valence-electron chi connectivity index (χ2n) is 6.61. The number of methoxy groups -OCH3 is 1. The second kappa shape index (κ2) is 10.9. The Hall–Kier alpha value is -2.15. The van der Waals surface area contributed by atoms with Crippen LogP contribution in [0.5, 0.6) is 11.5 Å². The van der Waals surface area contributed by atoms with Crippen LogP contribution in [0.15, 0.2) is 42.7 Å². The van der Waals surface area contributed by atoms with Crippen molar-refractivity contribution in [1.29, 1.82) is 0 Å². The van der Waals surface area contributed by atoms with Gasteiger partial charge in [0.1, 0.15) is 6.61 Å². The van der Waals surface area contributed by atoms with Gasteiger partial charge in [0.05, 0.1) is 20.3 Å². The maximum Gasteiger partial charge on any atom is 0.161 e. The van der Waals surface area contributed by atoms with E-state index in [4.69, 9.17) is 14.2 Å². The zero-order valence-electron chi connectivity index (χ0n) is 16.0. The maximum atomic E-state index is 5.89. The standard InChI is InChI=1S/C21H29N3O3/c1-25-21-15-19(16-23-7-2-10-24-11-13-26-14-12-24)3-4-20(21)27-17-18-5-8-22-9-6-18/h3-6,8-9,15,23H,2,7,10-14,16-17H2,1H3. The lowest BCUT2D eigenvalue weighted by Gasteiger charge is -2.26. The molecule has 0 bridgehead atoms. The Labute approximate surface area is 161 Å². The minimum atomic E-state index is 0.498.